The van der Waals surface area contributed by atoms with Crippen molar-refractivity contribution < 1.29 is 0 Å². The van der Waals surface area contributed by atoms with Gasteiger partial charge in [0.15, 0.2) is 0 Å². The van der Waals surface area contributed by atoms with Crippen LogP contribution in [0.2, 0.25) is 0 Å². The minimum Gasteiger partial charge on any atom is -0.317 e. The van der Waals surface area contributed by atoms with Crippen LogP contribution in [0.5, 0.6) is 0 Å². The molecular formula is C14H17BrN2S. The van der Waals surface area contributed by atoms with Crippen molar-refractivity contribution in [3.05, 3.63) is 50.9 Å². The maximum Gasteiger partial charge on any atom is 0.0701 e. The van der Waals surface area contributed by atoms with Crippen molar-refractivity contribution in [2.75, 3.05) is 7.05 Å². The maximum absolute atomic E-state index is 4.36. The van der Waals surface area contributed by atoms with Gasteiger partial charge in [-0.3, -0.25) is 4.98 Å². The number of hydrogen-bond donors (Lipinski definition) is 1. The molecule has 0 bridgehead atoms. The molecule has 1 unspecified atom stereocenters. The van der Waals surface area contributed by atoms with E-state index in [9.17, 15) is 0 Å². The molecule has 0 saturated heterocycles. The standard InChI is InChI=1S/C14H17BrN2S/c1-16-12(10-13-7-8-14(15)18-13)6-5-11-4-2-3-9-17-11/h2-4,7-9,12,16H,5-6,10H2,1H3. The summed E-state index contributed by atoms with van der Waals surface area (Å²) in [6.07, 6.45) is 5.08. The number of pyridine rings is 1. The molecule has 2 nitrogen and oxygen atoms in total. The summed E-state index contributed by atoms with van der Waals surface area (Å²) in [5.41, 5.74) is 1.17. The summed E-state index contributed by atoms with van der Waals surface area (Å²) in [7, 11) is 2.03. The van der Waals surface area contributed by atoms with Gasteiger partial charge < -0.3 is 5.32 Å². The van der Waals surface area contributed by atoms with E-state index >= 15 is 0 Å². The van der Waals surface area contributed by atoms with E-state index in [2.05, 4.69) is 44.4 Å². The van der Waals surface area contributed by atoms with Crippen molar-refractivity contribution in [2.45, 2.75) is 25.3 Å². The van der Waals surface area contributed by atoms with Crippen molar-refractivity contribution in [2.24, 2.45) is 0 Å². The van der Waals surface area contributed by atoms with Crippen LogP contribution in [0.4, 0.5) is 0 Å². The lowest BCUT2D eigenvalue weighted by Gasteiger charge is -2.14. The van der Waals surface area contributed by atoms with Crippen LogP contribution >= 0.6 is 27.3 Å². The Hall–Kier alpha value is -0.710. The Kier molecular flexibility index (Phi) is 5.35. The molecule has 0 radical (unpaired) electrons. The molecule has 0 fully saturated rings. The monoisotopic (exact) mass is 324 g/mol. The van der Waals surface area contributed by atoms with Crippen LogP contribution < -0.4 is 5.32 Å². The molecular weight excluding hydrogens is 308 g/mol. The van der Waals surface area contributed by atoms with E-state index in [1.165, 1.54) is 14.4 Å². The number of hydrogen-bond acceptors (Lipinski definition) is 3. The first-order valence-corrected chi connectivity index (χ1v) is 7.70. The van der Waals surface area contributed by atoms with Gasteiger partial charge >= 0.3 is 0 Å². The first-order valence-electron chi connectivity index (χ1n) is 6.09. The number of aryl methyl sites for hydroxylation is 1. The average molecular weight is 325 g/mol. The summed E-state index contributed by atoms with van der Waals surface area (Å²) in [6, 6.07) is 10.9. The third-order valence-electron chi connectivity index (χ3n) is 2.96. The van der Waals surface area contributed by atoms with Crippen LogP contribution in [-0.4, -0.2) is 18.1 Å². The molecule has 4 heteroatoms. The van der Waals surface area contributed by atoms with Crippen LogP contribution in [0, 0.1) is 0 Å². The highest BCUT2D eigenvalue weighted by Crippen LogP contribution is 2.23. The Balaban J connectivity index is 1.86. The normalized spacial score (nSPS) is 12.6. The SMILES string of the molecule is CNC(CCc1ccccn1)Cc1ccc(Br)s1. The molecule has 96 valence electrons. The van der Waals surface area contributed by atoms with Gasteiger partial charge in [-0.1, -0.05) is 6.07 Å². The summed E-state index contributed by atoms with van der Waals surface area (Å²) in [4.78, 5) is 5.78. The molecule has 2 heterocycles. The van der Waals surface area contributed by atoms with Crippen molar-refractivity contribution >= 4 is 27.3 Å². The molecule has 2 aromatic heterocycles. The van der Waals surface area contributed by atoms with Gasteiger partial charge in [0.1, 0.15) is 0 Å². The van der Waals surface area contributed by atoms with Crippen LogP contribution in [0.25, 0.3) is 0 Å². The second-order valence-corrected chi connectivity index (χ2v) is 6.80. The highest BCUT2D eigenvalue weighted by molar-refractivity contribution is 9.11. The van der Waals surface area contributed by atoms with Crippen molar-refractivity contribution in [3.8, 4) is 0 Å². The molecule has 18 heavy (non-hydrogen) atoms. The quantitative estimate of drug-likeness (QED) is 0.876. The minimum atomic E-state index is 0.512. The predicted molar refractivity (Wildman–Crippen MR) is 81.1 cm³/mol. The lowest BCUT2D eigenvalue weighted by molar-refractivity contribution is 0.520. The number of likely N-dealkylation sites (N-methyl/N-ethyl adjacent to an activating group) is 1. The molecule has 0 aromatic carbocycles. The molecule has 0 spiro atoms. The molecule has 0 amide bonds. The molecule has 2 aromatic rings. The molecule has 0 aliphatic carbocycles. The van der Waals surface area contributed by atoms with Crippen LogP contribution in [0.3, 0.4) is 0 Å². The third-order valence-corrected chi connectivity index (χ3v) is 4.61. The molecule has 1 N–H and O–H groups in total. The second kappa shape index (κ2) is 7.02. The van der Waals surface area contributed by atoms with Gasteiger partial charge in [-0.05, 0) is 66.5 Å². The first-order chi connectivity index (χ1) is 8.78. The van der Waals surface area contributed by atoms with E-state index in [1.807, 2.05) is 36.7 Å². The highest BCUT2D eigenvalue weighted by Gasteiger charge is 2.09. The smallest absolute Gasteiger partial charge is 0.0701 e. The van der Waals surface area contributed by atoms with E-state index in [4.69, 9.17) is 0 Å². The molecule has 0 saturated carbocycles. The van der Waals surface area contributed by atoms with Gasteiger partial charge in [-0.15, -0.1) is 11.3 Å². The van der Waals surface area contributed by atoms with E-state index in [0.29, 0.717) is 6.04 Å². The van der Waals surface area contributed by atoms with Gasteiger partial charge in [0.25, 0.3) is 0 Å². The fraction of sp³-hybridized carbons (Fsp3) is 0.357. The van der Waals surface area contributed by atoms with Crippen LogP contribution in [0.1, 0.15) is 17.0 Å². The Morgan fingerprint density at radius 3 is 2.83 bits per heavy atom. The Bertz CT molecular complexity index is 470. The number of nitrogens with one attached hydrogen (secondary N) is 1. The third kappa shape index (κ3) is 4.19. The number of aromatic nitrogens is 1. The van der Waals surface area contributed by atoms with Gasteiger partial charge in [0.2, 0.25) is 0 Å². The molecule has 0 aliphatic rings. The van der Waals surface area contributed by atoms with Crippen LogP contribution in [-0.2, 0) is 12.8 Å². The van der Waals surface area contributed by atoms with E-state index < -0.39 is 0 Å². The first kappa shape index (κ1) is 13.7. The Morgan fingerprint density at radius 2 is 2.22 bits per heavy atom. The average Bonchev–Trinajstić information content (AvgIpc) is 2.81. The zero-order chi connectivity index (χ0) is 12.8. The van der Waals surface area contributed by atoms with Gasteiger partial charge in [0, 0.05) is 22.8 Å². The number of nitrogens with zero attached hydrogens (tertiary/aromatic N) is 1. The largest absolute Gasteiger partial charge is 0.317 e. The Morgan fingerprint density at radius 1 is 1.33 bits per heavy atom. The predicted octanol–water partition coefficient (Wildman–Crippen LogP) is 3.67. The number of halogens is 1. The van der Waals surface area contributed by atoms with Gasteiger partial charge in [-0.2, -0.15) is 0 Å². The summed E-state index contributed by atoms with van der Waals surface area (Å²) in [5, 5.41) is 3.39. The maximum atomic E-state index is 4.36. The summed E-state index contributed by atoms with van der Waals surface area (Å²) < 4.78 is 1.21. The summed E-state index contributed by atoms with van der Waals surface area (Å²) in [5.74, 6) is 0. The Labute approximate surface area is 121 Å². The topological polar surface area (TPSA) is 24.9 Å². The van der Waals surface area contributed by atoms with E-state index in [1.54, 1.807) is 0 Å². The molecule has 2 rings (SSSR count). The fourth-order valence-electron chi connectivity index (χ4n) is 1.92. The van der Waals surface area contributed by atoms with Crippen molar-refractivity contribution in [3.63, 3.8) is 0 Å². The van der Waals surface area contributed by atoms with Gasteiger partial charge in [-0.25, -0.2) is 0 Å². The number of thiophene rings is 1. The van der Waals surface area contributed by atoms with Gasteiger partial charge in [0.05, 0.1) is 3.79 Å². The number of rotatable bonds is 6. The summed E-state index contributed by atoms with van der Waals surface area (Å²) in [6.45, 7) is 0. The van der Waals surface area contributed by atoms with E-state index in [-0.39, 0.29) is 0 Å². The zero-order valence-corrected chi connectivity index (χ0v) is 12.8. The second-order valence-electron chi connectivity index (χ2n) is 4.26. The van der Waals surface area contributed by atoms with Crippen molar-refractivity contribution in [1.29, 1.82) is 0 Å². The highest BCUT2D eigenvalue weighted by atomic mass is 79.9. The molecule has 0 aliphatic heterocycles. The molecule has 1 atom stereocenters. The van der Waals surface area contributed by atoms with E-state index in [0.717, 1.165) is 19.3 Å². The summed E-state index contributed by atoms with van der Waals surface area (Å²) >= 11 is 5.32. The lowest BCUT2D eigenvalue weighted by atomic mass is 10.1. The lowest BCUT2D eigenvalue weighted by Crippen LogP contribution is -2.27. The van der Waals surface area contributed by atoms with Crippen LogP contribution in [0.15, 0.2) is 40.3 Å². The zero-order valence-electron chi connectivity index (χ0n) is 10.4. The minimum absolute atomic E-state index is 0.512. The van der Waals surface area contributed by atoms with Crippen molar-refractivity contribution in [1.82, 2.24) is 10.3 Å². The fourth-order valence-corrected chi connectivity index (χ4v) is 3.48.